The Kier molecular flexibility index (Phi) is 4.98. The molecule has 0 aliphatic rings. The molecule has 3 N–H and O–H groups in total. The van der Waals surface area contributed by atoms with Crippen molar-refractivity contribution in [1.82, 2.24) is 4.90 Å². The van der Waals surface area contributed by atoms with Gasteiger partial charge in [0.15, 0.2) is 0 Å². The van der Waals surface area contributed by atoms with Gasteiger partial charge in [-0.15, -0.1) is 0 Å². The van der Waals surface area contributed by atoms with Crippen molar-refractivity contribution in [3.63, 3.8) is 0 Å². The maximum atomic E-state index is 8.53. The average molecular weight is 144 g/mol. The molecule has 0 aromatic rings. The number of rotatable bonds is 4. The molecular weight excluding hydrogens is 128 g/mol. The molecule has 3 heteroatoms. The second-order valence-electron chi connectivity index (χ2n) is 2.53. The lowest BCUT2D eigenvalue weighted by atomic mass is 10.2. The van der Waals surface area contributed by atoms with E-state index in [1.54, 1.807) is 0 Å². The zero-order chi connectivity index (χ0) is 7.98. The minimum atomic E-state index is -0.115. The van der Waals surface area contributed by atoms with Crippen LogP contribution in [0.3, 0.4) is 0 Å². The molecule has 0 aliphatic heterocycles. The first-order valence-corrected chi connectivity index (χ1v) is 3.36. The fourth-order valence-electron chi connectivity index (χ4n) is 0.521. The van der Waals surface area contributed by atoms with E-state index in [1.807, 2.05) is 31.3 Å². The third-order valence-electron chi connectivity index (χ3n) is 1.08. The molecule has 0 saturated heterocycles. The largest absolute Gasteiger partial charge is 0.395 e. The number of aliphatic hydroxyl groups excluding tert-OH is 1. The first-order chi connectivity index (χ1) is 4.66. The summed E-state index contributed by atoms with van der Waals surface area (Å²) in [5.74, 6) is 0. The minimum Gasteiger partial charge on any atom is -0.395 e. The Morgan fingerprint density at radius 2 is 2.20 bits per heavy atom. The van der Waals surface area contributed by atoms with Crippen LogP contribution in [0.4, 0.5) is 0 Å². The van der Waals surface area contributed by atoms with Gasteiger partial charge in [-0.25, -0.2) is 0 Å². The number of hydrogen-bond acceptors (Lipinski definition) is 3. The predicted molar refractivity (Wildman–Crippen MR) is 42.5 cm³/mol. The van der Waals surface area contributed by atoms with Crippen LogP contribution >= 0.6 is 0 Å². The van der Waals surface area contributed by atoms with Crippen LogP contribution in [0.5, 0.6) is 0 Å². The van der Waals surface area contributed by atoms with E-state index in [-0.39, 0.29) is 12.6 Å². The summed E-state index contributed by atoms with van der Waals surface area (Å²) in [7, 11) is 3.89. The quantitative estimate of drug-likeness (QED) is 0.573. The monoisotopic (exact) mass is 144 g/mol. The Balaban J connectivity index is 3.33. The molecule has 0 spiro atoms. The van der Waals surface area contributed by atoms with Crippen molar-refractivity contribution in [3.8, 4) is 0 Å². The SMILES string of the molecule is CN(C)/C=C/CC(N)CO. The van der Waals surface area contributed by atoms with E-state index in [1.165, 1.54) is 0 Å². The summed E-state index contributed by atoms with van der Waals surface area (Å²) in [6.45, 7) is 0.0533. The van der Waals surface area contributed by atoms with Crippen LogP contribution in [0.15, 0.2) is 12.3 Å². The van der Waals surface area contributed by atoms with Gasteiger partial charge >= 0.3 is 0 Å². The third-order valence-corrected chi connectivity index (χ3v) is 1.08. The standard InChI is InChI=1S/C7H16N2O/c1-9(2)5-3-4-7(8)6-10/h3,5,7,10H,4,6,8H2,1-2H3/b5-3+. The average Bonchev–Trinajstić information content (AvgIpc) is 1.87. The van der Waals surface area contributed by atoms with E-state index in [2.05, 4.69) is 0 Å². The molecule has 0 aromatic heterocycles. The maximum absolute atomic E-state index is 8.53. The highest BCUT2D eigenvalue weighted by molar-refractivity contribution is 4.82. The molecular formula is C7H16N2O. The van der Waals surface area contributed by atoms with E-state index >= 15 is 0 Å². The summed E-state index contributed by atoms with van der Waals surface area (Å²) in [5, 5.41) is 8.53. The smallest absolute Gasteiger partial charge is 0.0585 e. The van der Waals surface area contributed by atoms with Crippen molar-refractivity contribution in [2.24, 2.45) is 5.73 Å². The van der Waals surface area contributed by atoms with Gasteiger partial charge in [0, 0.05) is 20.1 Å². The van der Waals surface area contributed by atoms with Gasteiger partial charge in [0.2, 0.25) is 0 Å². The Hall–Kier alpha value is -0.540. The molecule has 0 rings (SSSR count). The van der Waals surface area contributed by atoms with Gasteiger partial charge in [-0.1, -0.05) is 6.08 Å². The zero-order valence-corrected chi connectivity index (χ0v) is 6.62. The molecule has 60 valence electrons. The summed E-state index contributed by atoms with van der Waals surface area (Å²) >= 11 is 0. The first kappa shape index (κ1) is 9.46. The molecule has 0 heterocycles. The molecule has 0 bridgehead atoms. The van der Waals surface area contributed by atoms with Gasteiger partial charge in [0.25, 0.3) is 0 Å². The lowest BCUT2D eigenvalue weighted by Crippen LogP contribution is -2.23. The highest BCUT2D eigenvalue weighted by atomic mass is 16.3. The van der Waals surface area contributed by atoms with Gasteiger partial charge in [-0.2, -0.15) is 0 Å². The van der Waals surface area contributed by atoms with Gasteiger partial charge in [-0.3, -0.25) is 0 Å². The van der Waals surface area contributed by atoms with Crippen LogP contribution in [-0.2, 0) is 0 Å². The Labute approximate surface area is 62.1 Å². The predicted octanol–water partition coefficient (Wildman–Crippen LogP) is -0.229. The van der Waals surface area contributed by atoms with Crippen molar-refractivity contribution < 1.29 is 5.11 Å². The molecule has 1 unspecified atom stereocenters. The van der Waals surface area contributed by atoms with Gasteiger partial charge in [0.1, 0.15) is 0 Å². The summed E-state index contributed by atoms with van der Waals surface area (Å²) in [4.78, 5) is 1.93. The number of nitrogens with zero attached hydrogens (tertiary/aromatic N) is 1. The molecule has 0 amide bonds. The fraction of sp³-hybridized carbons (Fsp3) is 0.714. The fourth-order valence-corrected chi connectivity index (χ4v) is 0.521. The van der Waals surface area contributed by atoms with Crippen molar-refractivity contribution in [1.29, 1.82) is 0 Å². The molecule has 0 aliphatic carbocycles. The van der Waals surface area contributed by atoms with Gasteiger partial charge in [0.05, 0.1) is 6.61 Å². The lowest BCUT2D eigenvalue weighted by Gasteiger charge is -2.05. The second kappa shape index (κ2) is 5.26. The highest BCUT2D eigenvalue weighted by Gasteiger charge is 1.94. The van der Waals surface area contributed by atoms with Gasteiger partial charge < -0.3 is 15.7 Å². The van der Waals surface area contributed by atoms with E-state index in [0.717, 1.165) is 6.42 Å². The van der Waals surface area contributed by atoms with Crippen molar-refractivity contribution >= 4 is 0 Å². The topological polar surface area (TPSA) is 49.5 Å². The molecule has 0 saturated carbocycles. The highest BCUT2D eigenvalue weighted by Crippen LogP contribution is 1.89. The lowest BCUT2D eigenvalue weighted by molar-refractivity contribution is 0.266. The van der Waals surface area contributed by atoms with Crippen LogP contribution < -0.4 is 5.73 Å². The van der Waals surface area contributed by atoms with Crippen molar-refractivity contribution in [2.75, 3.05) is 20.7 Å². The van der Waals surface area contributed by atoms with Crippen LogP contribution in [-0.4, -0.2) is 36.8 Å². The van der Waals surface area contributed by atoms with E-state index in [0.29, 0.717) is 0 Å². The van der Waals surface area contributed by atoms with Crippen molar-refractivity contribution in [3.05, 3.63) is 12.3 Å². The molecule has 0 fully saturated rings. The van der Waals surface area contributed by atoms with Crippen molar-refractivity contribution in [2.45, 2.75) is 12.5 Å². The number of aliphatic hydroxyl groups is 1. The normalized spacial score (nSPS) is 14.0. The second-order valence-corrected chi connectivity index (χ2v) is 2.53. The Morgan fingerprint density at radius 3 is 2.60 bits per heavy atom. The van der Waals surface area contributed by atoms with E-state index in [9.17, 15) is 0 Å². The molecule has 10 heavy (non-hydrogen) atoms. The molecule has 1 atom stereocenters. The first-order valence-electron chi connectivity index (χ1n) is 3.36. The Morgan fingerprint density at radius 1 is 1.60 bits per heavy atom. The summed E-state index contributed by atoms with van der Waals surface area (Å²) in [6, 6.07) is -0.115. The summed E-state index contributed by atoms with van der Waals surface area (Å²) < 4.78 is 0. The van der Waals surface area contributed by atoms with E-state index < -0.39 is 0 Å². The summed E-state index contributed by atoms with van der Waals surface area (Å²) in [6.07, 6.45) is 4.60. The number of hydrogen-bond donors (Lipinski definition) is 2. The minimum absolute atomic E-state index is 0.0533. The molecule has 0 radical (unpaired) electrons. The Bertz CT molecular complexity index is 102. The van der Waals surface area contributed by atoms with Gasteiger partial charge in [-0.05, 0) is 12.6 Å². The van der Waals surface area contributed by atoms with Crippen LogP contribution in [0, 0.1) is 0 Å². The number of nitrogens with two attached hydrogens (primary N) is 1. The molecule has 3 nitrogen and oxygen atoms in total. The van der Waals surface area contributed by atoms with E-state index in [4.69, 9.17) is 10.8 Å². The third kappa shape index (κ3) is 5.59. The zero-order valence-electron chi connectivity index (χ0n) is 6.62. The summed E-state index contributed by atoms with van der Waals surface area (Å²) in [5.41, 5.74) is 5.44. The van der Waals surface area contributed by atoms with Crippen LogP contribution in [0.25, 0.3) is 0 Å². The molecule has 0 aromatic carbocycles. The van der Waals surface area contributed by atoms with Crippen LogP contribution in [0.2, 0.25) is 0 Å². The maximum Gasteiger partial charge on any atom is 0.0585 e. The van der Waals surface area contributed by atoms with Crippen LogP contribution in [0.1, 0.15) is 6.42 Å².